The van der Waals surface area contributed by atoms with E-state index in [1.165, 1.54) is 4.90 Å². The maximum atomic E-state index is 11.2. The van der Waals surface area contributed by atoms with Crippen molar-refractivity contribution in [1.29, 1.82) is 0 Å². The van der Waals surface area contributed by atoms with Crippen LogP contribution in [0.15, 0.2) is 0 Å². The summed E-state index contributed by atoms with van der Waals surface area (Å²) in [5.74, 6) is 0. The molecule has 4 amide bonds. The average molecular weight is 186 g/mol. The second-order valence-electron chi connectivity index (χ2n) is 2.91. The van der Waals surface area contributed by atoms with E-state index in [9.17, 15) is 9.59 Å². The molecule has 0 spiro atoms. The fourth-order valence-electron chi connectivity index (χ4n) is 1.54. The summed E-state index contributed by atoms with van der Waals surface area (Å²) in [6, 6.07) is -0.588. The van der Waals surface area contributed by atoms with Crippen LogP contribution in [-0.4, -0.2) is 47.6 Å². The Bertz CT molecular complexity index is 256. The zero-order valence-corrected chi connectivity index (χ0v) is 6.78. The van der Waals surface area contributed by atoms with Gasteiger partial charge in [0.25, 0.3) is 0 Å². The first-order valence-electron chi connectivity index (χ1n) is 3.97. The van der Waals surface area contributed by atoms with E-state index < -0.39 is 0 Å². The number of rotatable bonds is 2. The van der Waals surface area contributed by atoms with Crippen LogP contribution in [0.3, 0.4) is 0 Å². The maximum Gasteiger partial charge on any atom is 0.320 e. The van der Waals surface area contributed by atoms with Gasteiger partial charge in [-0.05, 0) is 0 Å². The average Bonchev–Trinajstić information content (AvgIpc) is 2.52. The van der Waals surface area contributed by atoms with Gasteiger partial charge in [-0.25, -0.2) is 9.59 Å². The van der Waals surface area contributed by atoms with Crippen molar-refractivity contribution in [1.82, 2.24) is 20.9 Å². The molecule has 0 aliphatic carbocycles. The summed E-state index contributed by atoms with van der Waals surface area (Å²) in [4.78, 5) is 23.4. The molecule has 2 rings (SSSR count). The largest absolute Gasteiger partial charge is 0.395 e. The fraction of sp³-hybridized carbons (Fsp3) is 0.667. The van der Waals surface area contributed by atoms with Crippen LogP contribution >= 0.6 is 0 Å². The third kappa shape index (κ3) is 1.17. The Morgan fingerprint density at radius 2 is 2.08 bits per heavy atom. The molecule has 72 valence electrons. The van der Waals surface area contributed by atoms with Crippen molar-refractivity contribution < 1.29 is 14.7 Å². The molecule has 0 saturated carbocycles. The molecular formula is C6H10N4O3. The molecule has 0 unspecified atom stereocenters. The van der Waals surface area contributed by atoms with Crippen LogP contribution in [0.5, 0.6) is 0 Å². The molecule has 0 aromatic heterocycles. The van der Waals surface area contributed by atoms with Gasteiger partial charge in [0.2, 0.25) is 0 Å². The summed E-state index contributed by atoms with van der Waals surface area (Å²) in [6.45, 7) is 0.0987. The first kappa shape index (κ1) is 8.11. The Balaban J connectivity index is 2.10. The van der Waals surface area contributed by atoms with Crippen LogP contribution < -0.4 is 16.0 Å². The number of β-amino-alcohol motifs (C(OH)–C–C–N with tert-alkyl or cyclic N) is 1. The van der Waals surface area contributed by atoms with E-state index in [1.807, 2.05) is 0 Å². The molecule has 4 N–H and O–H groups in total. The molecule has 2 aliphatic heterocycles. The van der Waals surface area contributed by atoms with Gasteiger partial charge in [0.05, 0.1) is 6.61 Å². The van der Waals surface area contributed by atoms with Gasteiger partial charge in [-0.3, -0.25) is 4.90 Å². The minimum absolute atomic E-state index is 0.119. The first-order chi connectivity index (χ1) is 6.22. The zero-order chi connectivity index (χ0) is 9.42. The SMILES string of the molecule is O=C1N[C@H]2NC(=O)N(CCO)[C@H]2N1. The maximum absolute atomic E-state index is 11.2. The topological polar surface area (TPSA) is 93.7 Å². The predicted molar refractivity (Wildman–Crippen MR) is 41.6 cm³/mol. The summed E-state index contributed by atoms with van der Waals surface area (Å²) in [5.41, 5.74) is 0. The van der Waals surface area contributed by atoms with Crippen LogP contribution in [0.2, 0.25) is 0 Å². The second-order valence-corrected chi connectivity index (χ2v) is 2.91. The lowest BCUT2D eigenvalue weighted by Gasteiger charge is -2.19. The quantitative estimate of drug-likeness (QED) is 0.400. The Morgan fingerprint density at radius 1 is 1.31 bits per heavy atom. The van der Waals surface area contributed by atoms with Crippen LogP contribution in [0, 0.1) is 0 Å². The summed E-state index contributed by atoms with van der Waals surface area (Å²) < 4.78 is 0. The molecule has 2 aliphatic rings. The third-order valence-corrected chi connectivity index (χ3v) is 2.10. The Morgan fingerprint density at radius 3 is 2.77 bits per heavy atom. The van der Waals surface area contributed by atoms with E-state index in [-0.39, 0.29) is 37.5 Å². The molecular weight excluding hydrogens is 176 g/mol. The minimum atomic E-state index is -0.383. The molecule has 0 radical (unpaired) electrons. The van der Waals surface area contributed by atoms with Crippen LogP contribution in [0.1, 0.15) is 0 Å². The molecule has 2 fully saturated rings. The molecule has 7 nitrogen and oxygen atoms in total. The number of carbonyl (C=O) groups is 2. The highest BCUT2D eigenvalue weighted by atomic mass is 16.3. The van der Waals surface area contributed by atoms with Crippen LogP contribution in [0.25, 0.3) is 0 Å². The lowest BCUT2D eigenvalue weighted by Crippen LogP contribution is -2.44. The Kier molecular flexibility index (Phi) is 1.73. The molecule has 2 heterocycles. The number of nitrogens with one attached hydrogen (secondary N) is 3. The Labute approximate surface area is 74.1 Å². The summed E-state index contributed by atoms with van der Waals surface area (Å²) in [6.07, 6.45) is -0.765. The van der Waals surface area contributed by atoms with Crippen molar-refractivity contribution in [2.45, 2.75) is 12.3 Å². The normalized spacial score (nSPS) is 31.0. The zero-order valence-electron chi connectivity index (χ0n) is 6.78. The van der Waals surface area contributed by atoms with E-state index in [2.05, 4.69) is 16.0 Å². The number of hydrogen-bond acceptors (Lipinski definition) is 3. The van der Waals surface area contributed by atoms with Gasteiger partial charge in [-0.2, -0.15) is 0 Å². The number of urea groups is 2. The molecule has 7 heteroatoms. The van der Waals surface area contributed by atoms with E-state index in [4.69, 9.17) is 5.11 Å². The van der Waals surface area contributed by atoms with Crippen molar-refractivity contribution in [2.75, 3.05) is 13.2 Å². The number of carbonyl (C=O) groups excluding carboxylic acids is 2. The summed E-state index contributed by atoms with van der Waals surface area (Å²) in [5, 5.41) is 16.3. The van der Waals surface area contributed by atoms with Gasteiger partial charge in [-0.1, -0.05) is 0 Å². The van der Waals surface area contributed by atoms with E-state index in [0.717, 1.165) is 0 Å². The highest BCUT2D eigenvalue weighted by molar-refractivity contribution is 5.84. The van der Waals surface area contributed by atoms with Gasteiger partial charge in [0.15, 0.2) is 0 Å². The van der Waals surface area contributed by atoms with E-state index in [0.29, 0.717) is 0 Å². The number of nitrogens with zero attached hydrogens (tertiary/aromatic N) is 1. The van der Waals surface area contributed by atoms with Gasteiger partial charge < -0.3 is 21.1 Å². The van der Waals surface area contributed by atoms with Gasteiger partial charge in [-0.15, -0.1) is 0 Å². The monoisotopic (exact) mass is 186 g/mol. The highest BCUT2D eigenvalue weighted by Gasteiger charge is 2.44. The lowest BCUT2D eigenvalue weighted by molar-refractivity contribution is 0.171. The van der Waals surface area contributed by atoms with Crippen molar-refractivity contribution >= 4 is 12.1 Å². The number of amides is 4. The second kappa shape index (κ2) is 2.77. The van der Waals surface area contributed by atoms with E-state index in [1.54, 1.807) is 0 Å². The van der Waals surface area contributed by atoms with E-state index >= 15 is 0 Å². The van der Waals surface area contributed by atoms with Crippen molar-refractivity contribution in [3.05, 3.63) is 0 Å². The molecule has 13 heavy (non-hydrogen) atoms. The minimum Gasteiger partial charge on any atom is -0.395 e. The number of hydrogen-bond donors (Lipinski definition) is 4. The standard InChI is InChI=1S/C6H10N4O3/c11-2-1-10-4-3(8-6(10)13)7-5(12)9-4/h3-4,11H,1-2H2,(H,8,13)(H2,7,9,12)/t3-,4+/m0/s1. The van der Waals surface area contributed by atoms with Gasteiger partial charge >= 0.3 is 12.1 Å². The lowest BCUT2D eigenvalue weighted by atomic mass is 10.4. The molecule has 0 bridgehead atoms. The molecule has 0 aromatic carbocycles. The molecule has 0 aromatic rings. The number of aliphatic hydroxyl groups is 1. The smallest absolute Gasteiger partial charge is 0.320 e. The van der Waals surface area contributed by atoms with Gasteiger partial charge in [0.1, 0.15) is 12.3 Å². The Hall–Kier alpha value is -1.50. The highest BCUT2D eigenvalue weighted by Crippen LogP contribution is 2.12. The predicted octanol–water partition coefficient (Wildman–Crippen LogP) is -2.03. The first-order valence-corrected chi connectivity index (χ1v) is 3.97. The number of fused-ring (bicyclic) bond motifs is 1. The molecule has 2 atom stereocenters. The fourth-order valence-corrected chi connectivity index (χ4v) is 1.54. The number of aliphatic hydroxyl groups excluding tert-OH is 1. The molecule has 2 saturated heterocycles. The van der Waals surface area contributed by atoms with Crippen molar-refractivity contribution in [2.24, 2.45) is 0 Å². The summed E-state index contributed by atoms with van der Waals surface area (Å²) >= 11 is 0. The van der Waals surface area contributed by atoms with Crippen molar-refractivity contribution in [3.63, 3.8) is 0 Å². The summed E-state index contributed by atoms with van der Waals surface area (Å²) in [7, 11) is 0. The van der Waals surface area contributed by atoms with Crippen LogP contribution in [-0.2, 0) is 0 Å². The van der Waals surface area contributed by atoms with Crippen molar-refractivity contribution in [3.8, 4) is 0 Å². The third-order valence-electron chi connectivity index (χ3n) is 2.10. The van der Waals surface area contributed by atoms with Gasteiger partial charge in [0, 0.05) is 6.54 Å². The van der Waals surface area contributed by atoms with Crippen LogP contribution in [0.4, 0.5) is 9.59 Å².